The molecule has 5 aromatic rings. The molecule has 3 amide bonds. The number of halogens is 1. The zero-order valence-corrected chi connectivity index (χ0v) is 27.6. The maximum atomic E-state index is 13.6. The molecular weight excluding hydrogens is 668 g/mol. The summed E-state index contributed by atoms with van der Waals surface area (Å²) < 4.78 is 23.3. The SMILES string of the molecule is NS(=O)(=O)c1ccc(NC(=O)C(Sc2cccc(NC(=O)/C(=C/c3ccc(Cl)cc3)NC(=O)c3ccccc3)c2)c2ccccc2)cc1. The molecule has 0 aromatic heterocycles. The van der Waals surface area contributed by atoms with Crippen molar-refractivity contribution in [2.24, 2.45) is 5.14 Å². The highest BCUT2D eigenvalue weighted by atomic mass is 35.5. The van der Waals surface area contributed by atoms with Gasteiger partial charge in [0, 0.05) is 26.9 Å². The molecule has 0 radical (unpaired) electrons. The lowest BCUT2D eigenvalue weighted by molar-refractivity contribution is -0.116. The molecule has 9 nitrogen and oxygen atoms in total. The minimum atomic E-state index is -3.88. The predicted molar refractivity (Wildman–Crippen MR) is 190 cm³/mol. The molecule has 0 saturated heterocycles. The number of carbonyl (C=O) groups is 3. The van der Waals surface area contributed by atoms with Gasteiger partial charge in [0.25, 0.3) is 11.8 Å². The fourth-order valence-corrected chi connectivity index (χ4v) is 6.21. The Morgan fingerprint density at radius 1 is 0.729 bits per heavy atom. The van der Waals surface area contributed by atoms with Gasteiger partial charge in [-0.1, -0.05) is 78.3 Å². The van der Waals surface area contributed by atoms with E-state index in [1.807, 2.05) is 36.4 Å². The minimum absolute atomic E-state index is 0.0132. The average Bonchev–Trinajstić information content (AvgIpc) is 3.08. The van der Waals surface area contributed by atoms with Gasteiger partial charge < -0.3 is 16.0 Å². The van der Waals surface area contributed by atoms with Gasteiger partial charge in [-0.25, -0.2) is 13.6 Å². The van der Waals surface area contributed by atoms with Gasteiger partial charge in [-0.05, 0) is 83.9 Å². The van der Waals surface area contributed by atoms with E-state index in [0.29, 0.717) is 32.4 Å². The average molecular weight is 697 g/mol. The molecule has 0 fully saturated rings. The molecule has 0 saturated carbocycles. The second kappa shape index (κ2) is 15.6. The van der Waals surface area contributed by atoms with Crippen molar-refractivity contribution >= 4 is 68.6 Å². The van der Waals surface area contributed by atoms with Crippen LogP contribution in [0, 0.1) is 0 Å². The van der Waals surface area contributed by atoms with Crippen molar-refractivity contribution < 1.29 is 22.8 Å². The zero-order valence-electron chi connectivity index (χ0n) is 25.2. The van der Waals surface area contributed by atoms with Gasteiger partial charge in [0.05, 0.1) is 4.90 Å². The lowest BCUT2D eigenvalue weighted by Gasteiger charge is -2.18. The van der Waals surface area contributed by atoms with Crippen molar-refractivity contribution in [3.8, 4) is 0 Å². The molecule has 0 heterocycles. The number of nitrogens with one attached hydrogen (secondary N) is 3. The fourth-order valence-electron chi connectivity index (χ4n) is 4.49. The maximum Gasteiger partial charge on any atom is 0.272 e. The first-order chi connectivity index (χ1) is 23.0. The van der Waals surface area contributed by atoms with Gasteiger partial charge >= 0.3 is 0 Å². The monoisotopic (exact) mass is 696 g/mol. The smallest absolute Gasteiger partial charge is 0.272 e. The zero-order chi connectivity index (χ0) is 34.1. The lowest BCUT2D eigenvalue weighted by atomic mass is 10.1. The van der Waals surface area contributed by atoms with Crippen LogP contribution in [0.2, 0.25) is 5.02 Å². The van der Waals surface area contributed by atoms with Crippen molar-refractivity contribution in [1.82, 2.24) is 5.32 Å². The Hall–Kier alpha value is -5.20. The van der Waals surface area contributed by atoms with Crippen LogP contribution < -0.4 is 21.1 Å². The number of hydrogen-bond acceptors (Lipinski definition) is 6. The quantitative estimate of drug-likeness (QED) is 0.0876. The van der Waals surface area contributed by atoms with E-state index in [-0.39, 0.29) is 16.5 Å². The third-order valence-corrected chi connectivity index (χ3v) is 9.28. The third-order valence-electron chi connectivity index (χ3n) is 6.85. The molecule has 5 aromatic carbocycles. The summed E-state index contributed by atoms with van der Waals surface area (Å²) in [5.74, 6) is -1.36. The molecule has 242 valence electrons. The highest BCUT2D eigenvalue weighted by Gasteiger charge is 2.23. The Balaban J connectivity index is 1.36. The van der Waals surface area contributed by atoms with E-state index < -0.39 is 27.1 Å². The number of rotatable bonds is 11. The molecule has 1 atom stereocenters. The number of hydrogen-bond donors (Lipinski definition) is 4. The molecule has 0 spiro atoms. The van der Waals surface area contributed by atoms with Crippen LogP contribution in [0.3, 0.4) is 0 Å². The van der Waals surface area contributed by atoms with Crippen LogP contribution in [0.4, 0.5) is 11.4 Å². The van der Waals surface area contributed by atoms with E-state index in [1.165, 1.54) is 36.0 Å². The highest BCUT2D eigenvalue weighted by Crippen LogP contribution is 2.37. The van der Waals surface area contributed by atoms with Crippen molar-refractivity contribution in [1.29, 1.82) is 0 Å². The molecule has 48 heavy (non-hydrogen) atoms. The normalized spacial score (nSPS) is 12.1. The molecule has 1 unspecified atom stereocenters. The van der Waals surface area contributed by atoms with E-state index in [2.05, 4.69) is 16.0 Å². The van der Waals surface area contributed by atoms with E-state index in [1.54, 1.807) is 78.9 Å². The predicted octanol–water partition coefficient (Wildman–Crippen LogP) is 6.87. The van der Waals surface area contributed by atoms with Gasteiger partial charge in [0.15, 0.2) is 0 Å². The van der Waals surface area contributed by atoms with E-state index in [0.717, 1.165) is 5.56 Å². The summed E-state index contributed by atoms with van der Waals surface area (Å²) in [6.45, 7) is 0. The summed E-state index contributed by atoms with van der Waals surface area (Å²) in [5.41, 5.74) is 2.61. The molecule has 0 bridgehead atoms. The van der Waals surface area contributed by atoms with Crippen molar-refractivity contribution in [3.63, 3.8) is 0 Å². The summed E-state index contributed by atoms with van der Waals surface area (Å²) in [4.78, 5) is 40.7. The van der Waals surface area contributed by atoms with Crippen LogP contribution in [-0.4, -0.2) is 26.1 Å². The molecule has 0 aliphatic heterocycles. The standard InChI is InChI=1S/C36H29ClN4O5S2/c37-27-16-14-24(15-17-27)22-32(41-34(42)26-10-5-2-6-11-26)35(43)40-29-12-7-13-30(23-29)47-33(25-8-3-1-4-9-25)36(44)39-28-18-20-31(21-19-28)48(38,45)46/h1-23,33H,(H,39,44)(H,40,43)(H,41,42)(H2,38,45,46)/b32-22-. The Bertz CT molecular complexity index is 2060. The van der Waals surface area contributed by atoms with Gasteiger partial charge in [0.1, 0.15) is 10.9 Å². The van der Waals surface area contributed by atoms with Crippen LogP contribution in [-0.2, 0) is 19.6 Å². The summed E-state index contributed by atoms with van der Waals surface area (Å²) in [6.07, 6.45) is 1.55. The Kier molecular flexibility index (Phi) is 11.1. The van der Waals surface area contributed by atoms with Gasteiger partial charge in [-0.15, -0.1) is 11.8 Å². The molecule has 0 aliphatic rings. The number of benzene rings is 5. The first-order valence-corrected chi connectivity index (χ1v) is 17.3. The van der Waals surface area contributed by atoms with Gasteiger partial charge in [-0.3, -0.25) is 14.4 Å². The van der Waals surface area contributed by atoms with E-state index in [4.69, 9.17) is 16.7 Å². The number of sulfonamides is 1. The number of thioether (sulfide) groups is 1. The number of anilines is 2. The molecule has 0 aliphatic carbocycles. The summed E-state index contributed by atoms with van der Waals surface area (Å²) >= 11 is 7.29. The minimum Gasteiger partial charge on any atom is -0.325 e. The Labute approximate surface area is 287 Å². The first kappa shape index (κ1) is 34.1. The fraction of sp³-hybridized carbons (Fsp3) is 0.0278. The second-order valence-corrected chi connectivity index (χ2v) is 13.6. The van der Waals surface area contributed by atoms with Crippen LogP contribution >= 0.6 is 23.4 Å². The molecule has 5 rings (SSSR count). The van der Waals surface area contributed by atoms with Crippen molar-refractivity contribution in [2.45, 2.75) is 15.0 Å². The third kappa shape index (κ3) is 9.43. The van der Waals surface area contributed by atoms with Gasteiger partial charge in [0.2, 0.25) is 15.9 Å². The summed E-state index contributed by atoms with van der Waals surface area (Å²) in [5, 5.41) is 13.4. The largest absolute Gasteiger partial charge is 0.325 e. The highest BCUT2D eigenvalue weighted by molar-refractivity contribution is 8.00. The van der Waals surface area contributed by atoms with Crippen molar-refractivity contribution in [3.05, 3.63) is 161 Å². The topological polar surface area (TPSA) is 147 Å². The Morgan fingerprint density at radius 3 is 2.02 bits per heavy atom. The molecule has 5 N–H and O–H groups in total. The number of carbonyl (C=O) groups excluding carboxylic acids is 3. The molecule has 12 heteroatoms. The first-order valence-electron chi connectivity index (χ1n) is 14.5. The number of nitrogens with two attached hydrogens (primary N) is 1. The molecular formula is C36H29ClN4O5S2. The number of primary sulfonamides is 1. The van der Waals surface area contributed by atoms with E-state index in [9.17, 15) is 22.8 Å². The van der Waals surface area contributed by atoms with E-state index >= 15 is 0 Å². The summed E-state index contributed by atoms with van der Waals surface area (Å²) in [6, 6.07) is 37.1. The van der Waals surface area contributed by atoms with Gasteiger partial charge in [-0.2, -0.15) is 0 Å². The second-order valence-electron chi connectivity index (χ2n) is 10.4. The Morgan fingerprint density at radius 2 is 1.38 bits per heavy atom. The van der Waals surface area contributed by atoms with Crippen LogP contribution in [0.1, 0.15) is 26.7 Å². The van der Waals surface area contributed by atoms with Crippen molar-refractivity contribution in [2.75, 3.05) is 10.6 Å². The van der Waals surface area contributed by atoms with Crippen LogP contribution in [0.15, 0.2) is 149 Å². The van der Waals surface area contributed by atoms with Crippen LogP contribution in [0.5, 0.6) is 0 Å². The maximum absolute atomic E-state index is 13.6. The lowest BCUT2D eigenvalue weighted by Crippen LogP contribution is -2.30. The van der Waals surface area contributed by atoms with Crippen LogP contribution in [0.25, 0.3) is 6.08 Å². The number of amides is 3. The summed E-state index contributed by atoms with van der Waals surface area (Å²) in [7, 11) is -3.88.